The summed E-state index contributed by atoms with van der Waals surface area (Å²) < 4.78 is 52.1. The van der Waals surface area contributed by atoms with Gasteiger partial charge < -0.3 is 37.9 Å². The van der Waals surface area contributed by atoms with Crippen molar-refractivity contribution in [1.82, 2.24) is 11.0 Å². The van der Waals surface area contributed by atoms with Gasteiger partial charge in [-0.25, -0.2) is 11.0 Å². The van der Waals surface area contributed by atoms with E-state index in [1.54, 1.807) is 0 Å². The molecule has 14 nitrogen and oxygen atoms in total. The molecular weight excluding hydrogens is 1080 g/mol. The molecule has 6 aromatic carbocycles. The summed E-state index contributed by atoms with van der Waals surface area (Å²) >= 11 is 0. The molecule has 0 fully saturated rings. The predicted octanol–water partition coefficient (Wildman–Crippen LogP) is 12.6. The molecule has 1 aliphatic heterocycles. The minimum absolute atomic E-state index is 0.194. The first kappa shape index (κ1) is 65.2. The van der Waals surface area contributed by atoms with Crippen molar-refractivity contribution >= 4 is 11.8 Å². The zero-order chi connectivity index (χ0) is 61.5. The Bertz CT molecular complexity index is 2890. The van der Waals surface area contributed by atoms with E-state index in [0.717, 1.165) is 77.9 Å². The third-order valence-corrected chi connectivity index (χ3v) is 15.3. The van der Waals surface area contributed by atoms with E-state index in [2.05, 4.69) is 143 Å². The number of hydrogen-bond acceptors (Lipinski definition) is 12. The van der Waals surface area contributed by atoms with Crippen LogP contribution in [0.1, 0.15) is 161 Å². The van der Waals surface area contributed by atoms with Crippen molar-refractivity contribution in [2.75, 3.05) is 79.3 Å². The second kappa shape index (κ2) is 29.7. The van der Waals surface area contributed by atoms with E-state index in [-0.39, 0.29) is 61.3 Å². The van der Waals surface area contributed by atoms with E-state index in [4.69, 9.17) is 47.6 Å². The molecule has 0 radical (unpaired) electrons. The van der Waals surface area contributed by atoms with Crippen molar-refractivity contribution in [3.63, 3.8) is 0 Å². The van der Waals surface area contributed by atoms with Crippen molar-refractivity contribution < 1.29 is 57.2 Å². The first-order chi connectivity index (χ1) is 41.0. The maximum Gasteiger partial charge on any atom is 0.281 e. The summed E-state index contributed by atoms with van der Waals surface area (Å²) in [6.45, 7) is 29.9. The van der Waals surface area contributed by atoms with E-state index >= 15 is 0 Å². The van der Waals surface area contributed by atoms with Gasteiger partial charge in [-0.1, -0.05) is 192 Å². The van der Waals surface area contributed by atoms with E-state index in [1.165, 1.54) is 0 Å². The summed E-state index contributed by atoms with van der Waals surface area (Å²) in [7, 11) is 0. The van der Waals surface area contributed by atoms with Crippen LogP contribution in [-0.4, -0.2) is 91.1 Å². The smallest absolute Gasteiger partial charge is 0.281 e. The molecule has 2 N–H and O–H groups in total. The van der Waals surface area contributed by atoms with Crippen LogP contribution in [0.25, 0.3) is 0 Å². The molecule has 0 spiro atoms. The van der Waals surface area contributed by atoms with Crippen LogP contribution in [0.5, 0.6) is 23.0 Å². The average molecular weight is 1180 g/mol. The van der Waals surface area contributed by atoms with Gasteiger partial charge in [-0.05, 0) is 99.5 Å². The Morgan fingerprint density at radius 2 is 0.628 bits per heavy atom. The molecule has 0 saturated carbocycles. The number of hydroxylamine groups is 2. The van der Waals surface area contributed by atoms with Crippen LogP contribution in [-0.2, 0) is 98.8 Å². The third-order valence-electron chi connectivity index (χ3n) is 15.3. The summed E-state index contributed by atoms with van der Waals surface area (Å²) in [5.74, 6) is 1.71. The topological polar surface area (TPSA) is 151 Å². The lowest BCUT2D eigenvalue weighted by molar-refractivity contribution is -0.137. The van der Waals surface area contributed by atoms with E-state index in [0.29, 0.717) is 102 Å². The van der Waals surface area contributed by atoms with Crippen molar-refractivity contribution in [1.29, 1.82) is 0 Å². The zero-order valence-corrected chi connectivity index (χ0v) is 53.0. The fraction of sp³-hybridized carbons (Fsp3) is 0.472. The number of fused-ring (bicyclic) bond motifs is 2. The van der Waals surface area contributed by atoms with Gasteiger partial charge in [0.1, 0.15) is 36.2 Å². The number of benzene rings is 6. The van der Waals surface area contributed by atoms with Crippen molar-refractivity contribution in [2.45, 2.75) is 144 Å². The van der Waals surface area contributed by atoms with Crippen LogP contribution in [0.2, 0.25) is 0 Å². The number of hydrogen-bond donors (Lipinski definition) is 2. The second-order valence-corrected chi connectivity index (χ2v) is 26.5. The Hall–Kier alpha value is -6.78. The highest BCUT2D eigenvalue weighted by atomic mass is 16.7. The lowest BCUT2D eigenvalue weighted by Crippen LogP contribution is -2.29. The molecule has 10 bridgehead atoms. The second-order valence-electron chi connectivity index (χ2n) is 26.5. The van der Waals surface area contributed by atoms with Crippen LogP contribution in [0.4, 0.5) is 0 Å². The molecule has 1 aliphatic carbocycles. The highest BCUT2D eigenvalue weighted by molar-refractivity contribution is 5.77. The first-order valence-electron chi connectivity index (χ1n) is 30.4. The lowest BCUT2D eigenvalue weighted by Gasteiger charge is -2.29. The molecule has 0 atom stereocenters. The monoisotopic (exact) mass is 1180 g/mol. The van der Waals surface area contributed by atoms with Crippen LogP contribution in [0.3, 0.4) is 0 Å². The summed E-state index contributed by atoms with van der Waals surface area (Å²) in [5, 5.41) is 0. The van der Waals surface area contributed by atoms with Crippen molar-refractivity contribution in [3.05, 3.63) is 187 Å². The summed E-state index contributed by atoms with van der Waals surface area (Å²) in [5.41, 5.74) is 17.5. The molecule has 2 amide bonds. The minimum atomic E-state index is -0.431. The van der Waals surface area contributed by atoms with Gasteiger partial charge in [0.05, 0.1) is 66.1 Å². The summed E-state index contributed by atoms with van der Waals surface area (Å²) in [6, 6.07) is 37.3. The van der Waals surface area contributed by atoms with Crippen LogP contribution in [0, 0.1) is 0 Å². The van der Waals surface area contributed by atoms with Crippen LogP contribution in [0.15, 0.2) is 109 Å². The lowest BCUT2D eigenvalue weighted by atomic mass is 9.79. The van der Waals surface area contributed by atoms with E-state index in [9.17, 15) is 9.59 Å². The number of nitrogens with one attached hydrogen (secondary N) is 2. The number of amides is 2. The molecule has 8 rings (SSSR count). The molecule has 14 heteroatoms. The van der Waals surface area contributed by atoms with Gasteiger partial charge >= 0.3 is 0 Å². The summed E-state index contributed by atoms with van der Waals surface area (Å²) in [6.07, 6.45) is 1.48. The molecule has 462 valence electrons. The Labute approximate surface area is 510 Å². The van der Waals surface area contributed by atoms with E-state index < -0.39 is 11.8 Å². The predicted molar refractivity (Wildman–Crippen MR) is 336 cm³/mol. The van der Waals surface area contributed by atoms with Gasteiger partial charge in [0.25, 0.3) is 11.8 Å². The Morgan fingerprint density at radius 1 is 0.372 bits per heavy atom. The molecule has 2 aliphatic rings. The number of carbonyl (C=O) groups excluding carboxylic acids is 2. The summed E-state index contributed by atoms with van der Waals surface area (Å²) in [4.78, 5) is 39.3. The molecule has 1 heterocycles. The average Bonchev–Trinajstić information content (AvgIpc) is 1.17. The van der Waals surface area contributed by atoms with Gasteiger partial charge in [0, 0.05) is 25.7 Å². The highest BCUT2D eigenvalue weighted by Crippen LogP contribution is 2.44. The molecule has 0 saturated heterocycles. The zero-order valence-electron chi connectivity index (χ0n) is 53.0. The van der Waals surface area contributed by atoms with Crippen molar-refractivity contribution in [2.24, 2.45) is 0 Å². The van der Waals surface area contributed by atoms with Gasteiger partial charge in [0.2, 0.25) is 0 Å². The maximum absolute atomic E-state index is 13.9. The molecule has 6 aromatic rings. The molecular formula is C72H92N2O12. The van der Waals surface area contributed by atoms with Crippen molar-refractivity contribution in [3.8, 4) is 23.0 Å². The van der Waals surface area contributed by atoms with Gasteiger partial charge in [-0.3, -0.25) is 19.3 Å². The largest absolute Gasteiger partial charge is 0.491 e. The van der Waals surface area contributed by atoms with Crippen LogP contribution >= 0.6 is 0 Å². The third kappa shape index (κ3) is 18.9. The van der Waals surface area contributed by atoms with Gasteiger partial charge in [-0.15, -0.1) is 0 Å². The fourth-order valence-electron chi connectivity index (χ4n) is 10.4. The molecule has 0 aromatic heterocycles. The standard InChI is InChI=1S/C72H92N2O12/c1-69(2,3)59-37-51-33-55-41-61(71(7,8)9)43-57(67(55)83-47-63(75)73-85-45-49-19-15-13-16-20-49)35-53-39-60(70(4,5)6)40-54-36-58-44-62(72(10,11)12)42-56(68(58)84-48-64(76)74-86-46-50-21-17-14-18-22-50)34-52(38-59)65(51)81-31-29-79-27-25-77-23-24-78-26-28-80-30-32-82-66(53)54/h13-22,37-44H,23-36,45-48H2,1-12H3,(H,73,75)(H,74,76). The molecule has 0 unspecified atom stereocenters. The quantitative estimate of drug-likeness (QED) is 0.112. The SMILES string of the molecule is CC(C)(C)c1cc2c3c(c1)Cc1cc(C(C)(C)C)cc(c1OCC(=O)NOCc1ccccc1)Cc1cc(C(C)(C)C)cc(c1OCCOCCOCCOCCOCCO3)Cc1cc(C(C)(C)C)cc(c1OCC(=O)NOCc1ccccc1)C2. The first-order valence-corrected chi connectivity index (χ1v) is 30.4. The Balaban J connectivity index is 1.37. The fourth-order valence-corrected chi connectivity index (χ4v) is 10.4. The van der Waals surface area contributed by atoms with E-state index in [1.807, 2.05) is 60.7 Å². The minimum Gasteiger partial charge on any atom is -0.491 e. The number of ether oxygens (including phenoxy) is 8. The maximum atomic E-state index is 13.9. The number of carbonyl (C=O) groups is 2. The molecule has 86 heavy (non-hydrogen) atoms. The highest BCUT2D eigenvalue weighted by Gasteiger charge is 2.30. The Kier molecular flexibility index (Phi) is 22.6. The van der Waals surface area contributed by atoms with Crippen LogP contribution < -0.4 is 29.9 Å². The normalized spacial score (nSPS) is 15.2. The van der Waals surface area contributed by atoms with Gasteiger partial charge in [0.15, 0.2) is 13.2 Å². The van der Waals surface area contributed by atoms with Gasteiger partial charge in [-0.2, -0.15) is 0 Å². The number of rotatable bonds is 12. The Morgan fingerprint density at radius 3 is 0.895 bits per heavy atom.